The molecule has 6 heteroatoms. The van der Waals surface area contributed by atoms with Gasteiger partial charge in [-0.25, -0.2) is 15.0 Å². The van der Waals surface area contributed by atoms with Gasteiger partial charge in [0, 0.05) is 32.7 Å². The molecule has 0 aliphatic rings. The normalized spacial score (nSPS) is 11.8. The number of nitrogens with zero attached hydrogens (tertiary/aromatic N) is 5. The third kappa shape index (κ3) is 6.56. The van der Waals surface area contributed by atoms with Gasteiger partial charge in [0.2, 0.25) is 0 Å². The van der Waals surface area contributed by atoms with Crippen molar-refractivity contribution in [3.8, 4) is 45.5 Å². The number of hydrogen-bond acceptors (Lipinski definition) is 3. The topological polar surface area (TPSA) is 48.5 Å². The summed E-state index contributed by atoms with van der Waals surface area (Å²) < 4.78 is 4.83. The Morgan fingerprint density at radius 1 is 0.261 bits per heavy atom. The van der Waals surface area contributed by atoms with Crippen molar-refractivity contribution < 1.29 is 0 Å². The molecule has 0 fully saturated rings. The highest BCUT2D eigenvalue weighted by Gasteiger charge is 2.41. The van der Waals surface area contributed by atoms with Crippen LogP contribution in [0.4, 0.5) is 0 Å². The van der Waals surface area contributed by atoms with Crippen molar-refractivity contribution in [1.82, 2.24) is 24.1 Å². The zero-order valence-corrected chi connectivity index (χ0v) is 38.6. The highest BCUT2D eigenvalue weighted by molar-refractivity contribution is 7.20. The van der Waals surface area contributed by atoms with Gasteiger partial charge in [-0.2, -0.15) is 0 Å². The number of rotatable bonds is 9. The summed E-state index contributed by atoms with van der Waals surface area (Å²) in [6.45, 7) is 0. The zero-order valence-electron chi connectivity index (χ0n) is 37.6. The maximum absolute atomic E-state index is 5.46. The van der Waals surface area contributed by atoms with Crippen LogP contribution in [0, 0.1) is 0 Å². The van der Waals surface area contributed by atoms with E-state index in [4.69, 9.17) is 15.0 Å². The summed E-state index contributed by atoms with van der Waals surface area (Å²) in [7, 11) is -2.85. The van der Waals surface area contributed by atoms with Crippen LogP contribution < -0.4 is 20.7 Å². The average molecular weight is 898 g/mol. The van der Waals surface area contributed by atoms with Gasteiger partial charge in [0.15, 0.2) is 25.5 Å². The van der Waals surface area contributed by atoms with Crippen LogP contribution in [0.2, 0.25) is 0 Å². The van der Waals surface area contributed by atoms with E-state index < -0.39 is 8.07 Å². The van der Waals surface area contributed by atoms with Gasteiger partial charge >= 0.3 is 0 Å². The molecule has 0 N–H and O–H groups in total. The van der Waals surface area contributed by atoms with Crippen LogP contribution in [0.1, 0.15) is 0 Å². The molecule has 0 atom stereocenters. The molecule has 324 valence electrons. The number of para-hydroxylation sites is 3. The second-order valence-electron chi connectivity index (χ2n) is 17.5. The highest BCUT2D eigenvalue weighted by Crippen LogP contribution is 2.42. The molecule has 0 saturated carbocycles. The summed E-state index contributed by atoms with van der Waals surface area (Å²) in [5.41, 5.74) is 9.07. The van der Waals surface area contributed by atoms with Gasteiger partial charge in [-0.1, -0.05) is 224 Å². The lowest BCUT2D eigenvalue weighted by Crippen LogP contribution is -2.74. The molecule has 5 nitrogen and oxygen atoms in total. The smallest absolute Gasteiger partial charge is 0.179 e. The standard InChI is InChI=1S/C63H43N5Si/c1-6-23-44(24-7-1)61-64-62(45-25-8-2-9-26-45)66-63(65-61)60-58(67-54-36-19-16-33-50(54)51-34-17-20-37-55(51)67)39-22-40-59(60)68-56-38-21-18-35-52(56)53-43-49(41-42-57(53)68)69(46-27-10-3-11-28-46,47-29-12-4-13-30-47)48-31-14-5-15-32-48/h1-43H. The first kappa shape index (κ1) is 40.3. The maximum atomic E-state index is 5.46. The molecular formula is C63H43N5Si. The minimum Gasteiger partial charge on any atom is -0.308 e. The lowest BCUT2D eigenvalue weighted by molar-refractivity contribution is 1.05. The fourth-order valence-electron chi connectivity index (χ4n) is 10.8. The molecule has 0 radical (unpaired) electrons. The third-order valence-corrected chi connectivity index (χ3v) is 18.5. The number of hydrogen-bond donors (Lipinski definition) is 0. The molecule has 0 aliphatic carbocycles. The second kappa shape index (κ2) is 16.7. The largest absolute Gasteiger partial charge is 0.308 e. The van der Waals surface area contributed by atoms with Gasteiger partial charge in [-0.15, -0.1) is 0 Å². The Morgan fingerprint density at radius 2 is 0.609 bits per heavy atom. The molecule has 13 rings (SSSR count). The Hall–Kier alpha value is -8.97. The number of benzene rings is 10. The van der Waals surface area contributed by atoms with E-state index in [0.29, 0.717) is 17.5 Å². The van der Waals surface area contributed by atoms with Crippen molar-refractivity contribution in [1.29, 1.82) is 0 Å². The Labute approximate surface area is 400 Å². The van der Waals surface area contributed by atoms with Crippen molar-refractivity contribution in [2.45, 2.75) is 0 Å². The van der Waals surface area contributed by atoms with Gasteiger partial charge < -0.3 is 9.13 Å². The lowest BCUT2D eigenvalue weighted by atomic mass is 10.1. The SMILES string of the molecule is c1ccc(-c2nc(-c3ccccc3)nc(-c3c(-n4c5ccccc5c5ccccc54)cccc3-n3c4ccccc4c4cc([Si](c5ccccc5)(c5ccccc5)c5ccccc5)ccc43)n2)cc1. The second-order valence-corrected chi connectivity index (χ2v) is 21.3. The Bertz CT molecular complexity index is 3790. The summed E-state index contributed by atoms with van der Waals surface area (Å²) in [6, 6.07) is 94.0. The summed E-state index contributed by atoms with van der Waals surface area (Å²) in [5, 5.41) is 10.1. The average Bonchev–Trinajstić information content (AvgIpc) is 3.95. The Kier molecular flexibility index (Phi) is 9.77. The molecule has 3 aromatic heterocycles. The Balaban J connectivity index is 1.15. The number of fused-ring (bicyclic) bond motifs is 6. The van der Waals surface area contributed by atoms with E-state index in [9.17, 15) is 0 Å². The molecule has 0 saturated heterocycles. The van der Waals surface area contributed by atoms with E-state index in [1.165, 1.54) is 42.3 Å². The molecule has 0 amide bonds. The van der Waals surface area contributed by atoms with Crippen LogP contribution in [0.3, 0.4) is 0 Å². The van der Waals surface area contributed by atoms with Crippen LogP contribution in [0.25, 0.3) is 89.2 Å². The monoisotopic (exact) mass is 897 g/mol. The van der Waals surface area contributed by atoms with Crippen molar-refractivity contribution >= 4 is 72.4 Å². The molecule has 0 spiro atoms. The van der Waals surface area contributed by atoms with Crippen molar-refractivity contribution in [2.24, 2.45) is 0 Å². The van der Waals surface area contributed by atoms with E-state index in [2.05, 4.69) is 234 Å². The summed E-state index contributed by atoms with van der Waals surface area (Å²) in [6.07, 6.45) is 0. The Morgan fingerprint density at radius 3 is 1.04 bits per heavy atom. The highest BCUT2D eigenvalue weighted by atomic mass is 28.3. The summed E-state index contributed by atoms with van der Waals surface area (Å²) in [4.78, 5) is 16.1. The van der Waals surface area contributed by atoms with Gasteiger partial charge in [0.25, 0.3) is 0 Å². The van der Waals surface area contributed by atoms with Crippen LogP contribution >= 0.6 is 0 Å². The molecule has 0 aliphatic heterocycles. The first-order valence-electron chi connectivity index (χ1n) is 23.5. The minimum absolute atomic E-state index is 0.585. The van der Waals surface area contributed by atoms with E-state index >= 15 is 0 Å². The van der Waals surface area contributed by atoms with Crippen LogP contribution in [-0.4, -0.2) is 32.2 Å². The van der Waals surface area contributed by atoms with Crippen molar-refractivity contribution in [2.75, 3.05) is 0 Å². The van der Waals surface area contributed by atoms with Gasteiger partial charge in [0.05, 0.1) is 39.0 Å². The van der Waals surface area contributed by atoms with E-state index in [1.54, 1.807) is 0 Å². The molecule has 3 heterocycles. The maximum Gasteiger partial charge on any atom is 0.179 e. The van der Waals surface area contributed by atoms with Gasteiger partial charge in [-0.05, 0) is 57.1 Å². The summed E-state index contributed by atoms with van der Waals surface area (Å²) >= 11 is 0. The fraction of sp³-hybridized carbons (Fsp3) is 0. The molecule has 69 heavy (non-hydrogen) atoms. The van der Waals surface area contributed by atoms with Gasteiger partial charge in [-0.3, -0.25) is 0 Å². The zero-order chi connectivity index (χ0) is 45.7. The third-order valence-electron chi connectivity index (χ3n) is 13.7. The van der Waals surface area contributed by atoms with Crippen LogP contribution in [-0.2, 0) is 0 Å². The first-order chi connectivity index (χ1) is 34.3. The van der Waals surface area contributed by atoms with E-state index in [0.717, 1.165) is 50.1 Å². The molecule has 13 aromatic rings. The molecule has 10 aromatic carbocycles. The van der Waals surface area contributed by atoms with E-state index in [1.807, 2.05) is 36.4 Å². The predicted octanol–water partition coefficient (Wildman–Crippen LogP) is 12.4. The molecule has 0 unspecified atom stereocenters. The predicted molar refractivity (Wildman–Crippen MR) is 288 cm³/mol. The van der Waals surface area contributed by atoms with Crippen LogP contribution in [0.15, 0.2) is 261 Å². The molecular weight excluding hydrogens is 855 g/mol. The lowest BCUT2D eigenvalue weighted by Gasteiger charge is -2.34. The fourth-order valence-corrected chi connectivity index (χ4v) is 15.5. The quantitative estimate of drug-likeness (QED) is 0.107. The molecule has 0 bridgehead atoms. The summed E-state index contributed by atoms with van der Waals surface area (Å²) in [5.74, 6) is 1.80. The van der Waals surface area contributed by atoms with Gasteiger partial charge in [0.1, 0.15) is 0 Å². The minimum atomic E-state index is -2.85. The van der Waals surface area contributed by atoms with Crippen molar-refractivity contribution in [3.63, 3.8) is 0 Å². The first-order valence-corrected chi connectivity index (χ1v) is 25.5. The number of aromatic nitrogens is 5. The van der Waals surface area contributed by atoms with Crippen LogP contribution in [0.5, 0.6) is 0 Å². The van der Waals surface area contributed by atoms with E-state index in [-0.39, 0.29) is 0 Å². The van der Waals surface area contributed by atoms with Crippen molar-refractivity contribution in [3.05, 3.63) is 261 Å².